The molecule has 0 aliphatic heterocycles. The zero-order valence-corrected chi connectivity index (χ0v) is 18.7. The summed E-state index contributed by atoms with van der Waals surface area (Å²) in [7, 11) is 1.68. The zero-order valence-electron chi connectivity index (χ0n) is 17.9. The number of benzene rings is 1. The SMILES string of the molecule is COCCn1cc(/C=C/c2ccc(F)cc2)s/c1=N\C(=O)C12CC3CC(CC(C3)C1)C2. The van der Waals surface area contributed by atoms with E-state index in [1.165, 1.54) is 42.7 Å². The molecule has 0 radical (unpaired) electrons. The van der Waals surface area contributed by atoms with Gasteiger partial charge < -0.3 is 9.30 Å². The minimum atomic E-state index is -0.241. The van der Waals surface area contributed by atoms with Crippen molar-refractivity contribution in [3.63, 3.8) is 0 Å². The second-order valence-corrected chi connectivity index (χ2v) is 10.6. The van der Waals surface area contributed by atoms with Gasteiger partial charge in [-0.1, -0.05) is 29.5 Å². The number of thiazole rings is 1. The molecule has 0 N–H and O–H groups in total. The predicted octanol–water partition coefficient (Wildman–Crippen LogP) is 5.15. The highest BCUT2D eigenvalue weighted by Gasteiger charge is 2.54. The molecule has 1 amide bonds. The molecule has 1 aromatic carbocycles. The van der Waals surface area contributed by atoms with E-state index in [1.807, 2.05) is 22.9 Å². The van der Waals surface area contributed by atoms with Crippen molar-refractivity contribution >= 4 is 29.4 Å². The van der Waals surface area contributed by atoms with Crippen LogP contribution in [0, 0.1) is 29.0 Å². The first kappa shape index (κ1) is 20.8. The highest BCUT2D eigenvalue weighted by molar-refractivity contribution is 7.10. The van der Waals surface area contributed by atoms with Crippen molar-refractivity contribution in [1.82, 2.24) is 4.57 Å². The molecular weight excluding hydrogens is 411 g/mol. The van der Waals surface area contributed by atoms with E-state index >= 15 is 0 Å². The van der Waals surface area contributed by atoms with E-state index in [0.717, 1.165) is 52.3 Å². The van der Waals surface area contributed by atoms with E-state index in [-0.39, 0.29) is 17.1 Å². The lowest BCUT2D eigenvalue weighted by atomic mass is 9.49. The molecular formula is C25H29FN2O2S. The van der Waals surface area contributed by atoms with Gasteiger partial charge in [-0.3, -0.25) is 4.79 Å². The minimum Gasteiger partial charge on any atom is -0.383 e. The Morgan fingerprint density at radius 3 is 2.42 bits per heavy atom. The van der Waals surface area contributed by atoms with Crippen molar-refractivity contribution in [1.29, 1.82) is 0 Å². The Morgan fingerprint density at radius 2 is 1.81 bits per heavy atom. The average molecular weight is 441 g/mol. The van der Waals surface area contributed by atoms with Crippen LogP contribution in [-0.4, -0.2) is 24.2 Å². The van der Waals surface area contributed by atoms with Gasteiger partial charge in [-0.15, -0.1) is 0 Å². The number of nitrogens with zero attached hydrogens (tertiary/aromatic N) is 2. The second-order valence-electron chi connectivity index (χ2n) is 9.60. The number of amides is 1. The van der Waals surface area contributed by atoms with Gasteiger partial charge in [-0.25, -0.2) is 4.39 Å². The maximum absolute atomic E-state index is 13.5. The molecule has 0 spiro atoms. The summed E-state index contributed by atoms with van der Waals surface area (Å²) in [5, 5.41) is 0. The molecule has 0 unspecified atom stereocenters. The summed E-state index contributed by atoms with van der Waals surface area (Å²) < 4.78 is 20.4. The fourth-order valence-corrected chi connectivity index (χ4v) is 7.16. The number of hydrogen-bond donors (Lipinski definition) is 0. The Kier molecular flexibility index (Phi) is 5.69. The van der Waals surface area contributed by atoms with Crippen LogP contribution in [0.1, 0.15) is 49.0 Å². The molecule has 4 aliphatic carbocycles. The number of carbonyl (C=O) groups excluding carboxylic acids is 1. The lowest BCUT2D eigenvalue weighted by molar-refractivity contribution is -0.142. The quantitative estimate of drug-likeness (QED) is 0.624. The van der Waals surface area contributed by atoms with Gasteiger partial charge in [-0.05, 0) is 80.1 Å². The number of carbonyl (C=O) groups is 1. The zero-order chi connectivity index (χ0) is 21.4. The predicted molar refractivity (Wildman–Crippen MR) is 121 cm³/mol. The molecule has 6 rings (SSSR count). The standard InChI is InChI=1S/C25H29FN2O2S/c1-30-9-8-28-16-22(7-4-17-2-5-21(26)6-3-17)31-24(28)27-23(29)25-13-18-10-19(14-25)12-20(11-18)15-25/h2-7,16,18-20H,8-15H2,1H3/b7-4+,27-24-. The van der Waals surface area contributed by atoms with Crippen molar-refractivity contribution < 1.29 is 13.9 Å². The molecule has 4 saturated carbocycles. The molecule has 0 saturated heterocycles. The smallest absolute Gasteiger partial charge is 0.254 e. The lowest BCUT2D eigenvalue weighted by Gasteiger charge is -2.55. The van der Waals surface area contributed by atoms with Crippen LogP contribution < -0.4 is 4.80 Å². The highest BCUT2D eigenvalue weighted by Crippen LogP contribution is 2.60. The van der Waals surface area contributed by atoms with E-state index in [0.29, 0.717) is 13.2 Å². The first-order valence-corrected chi connectivity index (χ1v) is 12.1. The summed E-state index contributed by atoms with van der Waals surface area (Å²) >= 11 is 1.52. The van der Waals surface area contributed by atoms with E-state index in [4.69, 9.17) is 9.73 Å². The third-order valence-electron chi connectivity index (χ3n) is 7.27. The van der Waals surface area contributed by atoms with Crippen LogP contribution in [0.5, 0.6) is 0 Å². The molecule has 4 bridgehead atoms. The summed E-state index contributed by atoms with van der Waals surface area (Å²) in [5.74, 6) is 2.03. The van der Waals surface area contributed by atoms with Crippen LogP contribution in [0.15, 0.2) is 35.5 Å². The molecule has 4 nitrogen and oxygen atoms in total. The molecule has 0 atom stereocenters. The second kappa shape index (κ2) is 8.47. The largest absolute Gasteiger partial charge is 0.383 e. The van der Waals surface area contributed by atoms with Gasteiger partial charge in [0, 0.05) is 24.7 Å². The fourth-order valence-electron chi connectivity index (χ4n) is 6.24. The Bertz CT molecular complexity index is 1010. The molecule has 4 aliphatic rings. The number of rotatable bonds is 6. The monoisotopic (exact) mass is 440 g/mol. The van der Waals surface area contributed by atoms with Crippen LogP contribution in [-0.2, 0) is 16.1 Å². The summed E-state index contributed by atoms with van der Waals surface area (Å²) in [6.45, 7) is 1.22. The van der Waals surface area contributed by atoms with Gasteiger partial charge >= 0.3 is 0 Å². The van der Waals surface area contributed by atoms with E-state index in [9.17, 15) is 9.18 Å². The van der Waals surface area contributed by atoms with Gasteiger partial charge in [0.15, 0.2) is 4.80 Å². The van der Waals surface area contributed by atoms with Gasteiger partial charge in [0.05, 0.1) is 12.0 Å². The van der Waals surface area contributed by atoms with Gasteiger partial charge in [-0.2, -0.15) is 4.99 Å². The average Bonchev–Trinajstić information content (AvgIpc) is 3.12. The summed E-state index contributed by atoms with van der Waals surface area (Å²) in [4.78, 5) is 19.9. The van der Waals surface area contributed by atoms with E-state index in [2.05, 4.69) is 0 Å². The number of ether oxygens (including phenoxy) is 1. The van der Waals surface area contributed by atoms with Gasteiger partial charge in [0.1, 0.15) is 5.82 Å². The molecule has 4 fully saturated rings. The Hall–Kier alpha value is -2.05. The van der Waals surface area contributed by atoms with Crippen molar-refractivity contribution in [2.75, 3.05) is 13.7 Å². The van der Waals surface area contributed by atoms with Crippen molar-refractivity contribution in [2.45, 2.75) is 45.1 Å². The first-order valence-electron chi connectivity index (χ1n) is 11.2. The summed E-state index contributed by atoms with van der Waals surface area (Å²) in [6.07, 6.45) is 13.0. The number of hydrogen-bond acceptors (Lipinski definition) is 3. The topological polar surface area (TPSA) is 43.6 Å². The van der Waals surface area contributed by atoms with Crippen molar-refractivity contribution in [2.24, 2.45) is 28.2 Å². The first-order chi connectivity index (χ1) is 15.0. The van der Waals surface area contributed by atoms with Crippen LogP contribution in [0.4, 0.5) is 4.39 Å². The Balaban J connectivity index is 1.42. The Morgan fingerprint density at radius 1 is 1.16 bits per heavy atom. The van der Waals surface area contributed by atoms with Gasteiger partial charge in [0.2, 0.25) is 0 Å². The molecule has 1 heterocycles. The maximum atomic E-state index is 13.5. The molecule has 2 aromatic rings. The van der Waals surface area contributed by atoms with Crippen LogP contribution in [0.2, 0.25) is 0 Å². The summed E-state index contributed by atoms with van der Waals surface area (Å²) in [6, 6.07) is 6.41. The molecule has 164 valence electrons. The molecule has 6 heteroatoms. The minimum absolute atomic E-state index is 0.0914. The van der Waals surface area contributed by atoms with Gasteiger partial charge in [0.25, 0.3) is 5.91 Å². The van der Waals surface area contributed by atoms with E-state index in [1.54, 1.807) is 19.2 Å². The van der Waals surface area contributed by atoms with Crippen LogP contribution >= 0.6 is 11.3 Å². The molecule has 31 heavy (non-hydrogen) atoms. The fraction of sp³-hybridized carbons (Fsp3) is 0.520. The number of aromatic nitrogens is 1. The van der Waals surface area contributed by atoms with Crippen molar-refractivity contribution in [3.05, 3.63) is 51.5 Å². The normalized spacial score (nSPS) is 29.9. The third kappa shape index (κ3) is 4.33. The van der Waals surface area contributed by atoms with E-state index < -0.39 is 0 Å². The lowest BCUT2D eigenvalue weighted by Crippen LogP contribution is -2.50. The number of halogens is 1. The number of methoxy groups -OCH3 is 1. The van der Waals surface area contributed by atoms with Crippen LogP contribution in [0.25, 0.3) is 12.2 Å². The Labute approximate surface area is 186 Å². The summed E-state index contributed by atoms with van der Waals surface area (Å²) in [5.41, 5.74) is 0.712. The maximum Gasteiger partial charge on any atom is 0.254 e. The third-order valence-corrected chi connectivity index (χ3v) is 8.26. The van der Waals surface area contributed by atoms with Crippen LogP contribution in [0.3, 0.4) is 0 Å². The highest BCUT2D eigenvalue weighted by atomic mass is 32.1. The molecule has 1 aromatic heterocycles. The van der Waals surface area contributed by atoms with Crippen molar-refractivity contribution in [3.8, 4) is 0 Å².